The molecule has 0 radical (unpaired) electrons. The van der Waals surface area contributed by atoms with Crippen LogP contribution in [0, 0.1) is 0 Å². The maximum atomic E-state index is 12.1. The Morgan fingerprint density at radius 3 is 2.83 bits per heavy atom. The minimum atomic E-state index is -0.128. The van der Waals surface area contributed by atoms with Crippen LogP contribution in [0.15, 0.2) is 22.7 Å². The van der Waals surface area contributed by atoms with Crippen molar-refractivity contribution in [2.24, 2.45) is 0 Å². The van der Waals surface area contributed by atoms with Gasteiger partial charge in [0.05, 0.1) is 12.7 Å². The molecule has 0 saturated carbocycles. The highest BCUT2D eigenvalue weighted by atomic mass is 79.9. The smallest absolute Gasteiger partial charge is 0.255 e. The number of hydrogen-bond donors (Lipinski definition) is 1. The van der Waals surface area contributed by atoms with E-state index >= 15 is 0 Å². The summed E-state index contributed by atoms with van der Waals surface area (Å²) < 4.78 is 6.08. The number of methoxy groups -OCH3 is 1. The lowest BCUT2D eigenvalue weighted by Gasteiger charge is -2.16. The van der Waals surface area contributed by atoms with Crippen molar-refractivity contribution in [1.29, 1.82) is 0 Å². The Hall–Kier alpha value is -0.740. The van der Waals surface area contributed by atoms with Gasteiger partial charge in [-0.1, -0.05) is 22.9 Å². The normalized spacial score (nSPS) is 12.0. The van der Waals surface area contributed by atoms with Gasteiger partial charge in [0.1, 0.15) is 5.75 Å². The van der Waals surface area contributed by atoms with Gasteiger partial charge in [-0.25, -0.2) is 0 Å². The lowest BCUT2D eigenvalue weighted by molar-refractivity contribution is 0.0932. The number of rotatable bonds is 6. The Kier molecular flexibility index (Phi) is 6.50. The van der Waals surface area contributed by atoms with Gasteiger partial charge in [-0.15, -0.1) is 11.6 Å². The van der Waals surface area contributed by atoms with Gasteiger partial charge in [0.2, 0.25) is 0 Å². The first-order valence-corrected chi connectivity index (χ1v) is 7.15. The molecule has 0 heterocycles. The topological polar surface area (TPSA) is 38.3 Å². The molecule has 0 aliphatic carbocycles. The SMILES string of the molecule is CCC(CCCl)NC(=O)c1ccc(Br)cc1OC. The Morgan fingerprint density at radius 1 is 1.56 bits per heavy atom. The number of alkyl halides is 1. The second-order valence-electron chi connectivity index (χ2n) is 3.90. The average Bonchev–Trinajstić information content (AvgIpc) is 2.37. The lowest BCUT2D eigenvalue weighted by atomic mass is 10.1. The fourth-order valence-electron chi connectivity index (χ4n) is 1.63. The first-order chi connectivity index (χ1) is 8.62. The summed E-state index contributed by atoms with van der Waals surface area (Å²) in [6.07, 6.45) is 1.62. The summed E-state index contributed by atoms with van der Waals surface area (Å²) in [7, 11) is 1.55. The summed E-state index contributed by atoms with van der Waals surface area (Å²) in [6.45, 7) is 2.02. The number of hydrogen-bond acceptors (Lipinski definition) is 2. The van der Waals surface area contributed by atoms with Crippen molar-refractivity contribution >= 4 is 33.4 Å². The van der Waals surface area contributed by atoms with Crippen LogP contribution in [-0.2, 0) is 0 Å². The number of benzene rings is 1. The Labute approximate surface area is 121 Å². The Morgan fingerprint density at radius 2 is 2.28 bits per heavy atom. The molecular formula is C13H17BrClNO2. The van der Waals surface area contributed by atoms with Crippen LogP contribution in [0.5, 0.6) is 5.75 Å². The molecule has 1 aromatic carbocycles. The van der Waals surface area contributed by atoms with E-state index in [2.05, 4.69) is 21.2 Å². The first-order valence-electron chi connectivity index (χ1n) is 5.82. The quantitative estimate of drug-likeness (QED) is 0.807. The highest BCUT2D eigenvalue weighted by Crippen LogP contribution is 2.23. The molecule has 0 fully saturated rings. The molecule has 0 aromatic heterocycles. The van der Waals surface area contributed by atoms with Gasteiger partial charge in [-0.2, -0.15) is 0 Å². The van der Waals surface area contributed by atoms with Crippen molar-refractivity contribution < 1.29 is 9.53 Å². The summed E-state index contributed by atoms with van der Waals surface area (Å²) >= 11 is 9.05. The molecule has 0 aliphatic rings. The minimum absolute atomic E-state index is 0.100. The van der Waals surface area contributed by atoms with Crippen molar-refractivity contribution in [3.8, 4) is 5.75 Å². The summed E-state index contributed by atoms with van der Waals surface area (Å²) in [5, 5.41) is 2.96. The molecule has 5 heteroatoms. The largest absolute Gasteiger partial charge is 0.496 e. The van der Waals surface area contributed by atoms with Crippen LogP contribution >= 0.6 is 27.5 Å². The van der Waals surface area contributed by atoms with E-state index in [1.165, 1.54) is 0 Å². The van der Waals surface area contributed by atoms with Crippen LogP contribution in [0.2, 0.25) is 0 Å². The van der Waals surface area contributed by atoms with E-state index in [0.29, 0.717) is 17.2 Å². The summed E-state index contributed by atoms with van der Waals surface area (Å²) in [5.41, 5.74) is 0.536. The van der Waals surface area contributed by atoms with Crippen LogP contribution in [0.1, 0.15) is 30.1 Å². The zero-order valence-electron chi connectivity index (χ0n) is 10.5. The van der Waals surface area contributed by atoms with Gasteiger partial charge in [-0.05, 0) is 31.0 Å². The molecule has 1 atom stereocenters. The summed E-state index contributed by atoms with van der Waals surface area (Å²) in [4.78, 5) is 12.1. The van der Waals surface area contributed by atoms with E-state index in [-0.39, 0.29) is 11.9 Å². The zero-order valence-corrected chi connectivity index (χ0v) is 12.8. The van der Waals surface area contributed by atoms with Crippen LogP contribution in [0.25, 0.3) is 0 Å². The predicted molar refractivity (Wildman–Crippen MR) is 77.6 cm³/mol. The van der Waals surface area contributed by atoms with E-state index in [1.807, 2.05) is 13.0 Å². The lowest BCUT2D eigenvalue weighted by Crippen LogP contribution is -2.34. The molecule has 1 unspecified atom stereocenters. The molecule has 0 aliphatic heterocycles. The van der Waals surface area contributed by atoms with E-state index in [9.17, 15) is 4.79 Å². The van der Waals surface area contributed by atoms with E-state index in [1.54, 1.807) is 19.2 Å². The Bertz CT molecular complexity index is 412. The summed E-state index contributed by atoms with van der Waals surface area (Å²) in [6, 6.07) is 5.44. The molecule has 100 valence electrons. The first kappa shape index (κ1) is 15.3. The Balaban J connectivity index is 2.83. The molecule has 1 rings (SSSR count). The van der Waals surface area contributed by atoms with Crippen LogP contribution < -0.4 is 10.1 Å². The standard InChI is InChI=1S/C13H17BrClNO2/c1-3-10(6-7-15)16-13(17)11-5-4-9(14)8-12(11)18-2/h4-5,8,10H,3,6-7H2,1-2H3,(H,16,17). The molecule has 3 nitrogen and oxygen atoms in total. The van der Waals surface area contributed by atoms with Gasteiger partial charge >= 0.3 is 0 Å². The highest BCUT2D eigenvalue weighted by Gasteiger charge is 2.15. The molecule has 18 heavy (non-hydrogen) atoms. The molecule has 0 bridgehead atoms. The van der Waals surface area contributed by atoms with E-state index in [0.717, 1.165) is 17.3 Å². The third kappa shape index (κ3) is 4.18. The van der Waals surface area contributed by atoms with Gasteiger partial charge in [-0.3, -0.25) is 4.79 Å². The number of carbonyl (C=O) groups excluding carboxylic acids is 1. The fourth-order valence-corrected chi connectivity index (χ4v) is 2.23. The van der Waals surface area contributed by atoms with Gasteiger partial charge in [0, 0.05) is 16.4 Å². The average molecular weight is 335 g/mol. The molecular weight excluding hydrogens is 318 g/mol. The maximum absolute atomic E-state index is 12.1. The number of amides is 1. The van der Waals surface area contributed by atoms with Crippen molar-refractivity contribution in [1.82, 2.24) is 5.32 Å². The highest BCUT2D eigenvalue weighted by molar-refractivity contribution is 9.10. The van der Waals surface area contributed by atoms with Crippen LogP contribution in [-0.4, -0.2) is 24.9 Å². The van der Waals surface area contributed by atoms with E-state index < -0.39 is 0 Å². The second kappa shape index (κ2) is 7.64. The molecule has 1 aromatic rings. The second-order valence-corrected chi connectivity index (χ2v) is 5.19. The predicted octanol–water partition coefficient (Wildman–Crippen LogP) is 3.60. The molecule has 0 spiro atoms. The van der Waals surface area contributed by atoms with Crippen molar-refractivity contribution in [2.45, 2.75) is 25.8 Å². The number of ether oxygens (including phenoxy) is 1. The number of halogens is 2. The fraction of sp³-hybridized carbons (Fsp3) is 0.462. The monoisotopic (exact) mass is 333 g/mol. The third-order valence-corrected chi connectivity index (χ3v) is 3.41. The van der Waals surface area contributed by atoms with Crippen molar-refractivity contribution in [2.75, 3.05) is 13.0 Å². The minimum Gasteiger partial charge on any atom is -0.496 e. The van der Waals surface area contributed by atoms with Gasteiger partial charge in [0.15, 0.2) is 0 Å². The summed E-state index contributed by atoms with van der Waals surface area (Å²) in [5.74, 6) is 0.968. The molecule has 1 amide bonds. The van der Waals surface area contributed by atoms with Gasteiger partial charge < -0.3 is 10.1 Å². The molecule has 0 saturated heterocycles. The number of carbonyl (C=O) groups is 1. The molecule has 1 N–H and O–H groups in total. The third-order valence-electron chi connectivity index (χ3n) is 2.69. The number of nitrogens with one attached hydrogen (secondary N) is 1. The maximum Gasteiger partial charge on any atom is 0.255 e. The van der Waals surface area contributed by atoms with Crippen LogP contribution in [0.4, 0.5) is 0 Å². The van der Waals surface area contributed by atoms with Crippen LogP contribution in [0.3, 0.4) is 0 Å². The van der Waals surface area contributed by atoms with Crippen molar-refractivity contribution in [3.05, 3.63) is 28.2 Å². The van der Waals surface area contributed by atoms with Gasteiger partial charge in [0.25, 0.3) is 5.91 Å². The zero-order chi connectivity index (χ0) is 13.5. The van der Waals surface area contributed by atoms with E-state index in [4.69, 9.17) is 16.3 Å². The van der Waals surface area contributed by atoms with Crippen molar-refractivity contribution in [3.63, 3.8) is 0 Å².